The highest BCUT2D eigenvalue weighted by Crippen LogP contribution is 2.31. The molecule has 4 rings (SSSR count). The van der Waals surface area contributed by atoms with Crippen LogP contribution in [0.5, 0.6) is 11.5 Å². The topological polar surface area (TPSA) is 92.2 Å². The first-order valence-corrected chi connectivity index (χ1v) is 13.0. The van der Waals surface area contributed by atoms with Crippen LogP contribution in [0.3, 0.4) is 0 Å². The number of nitrogens with zero attached hydrogens (tertiary/aromatic N) is 3. The molecule has 2 heterocycles. The molecule has 1 saturated heterocycles. The molecular formula is C26H27ClFN3O5S. The molecule has 0 spiro atoms. The van der Waals surface area contributed by atoms with Crippen molar-refractivity contribution < 1.29 is 28.6 Å². The summed E-state index contributed by atoms with van der Waals surface area (Å²) < 4.78 is 24.8. The fourth-order valence-electron chi connectivity index (χ4n) is 4.14. The number of ether oxygens (including phenoxy) is 2. The van der Waals surface area contributed by atoms with Gasteiger partial charge in [0, 0.05) is 48.2 Å². The number of thiazole rings is 1. The molecule has 2 atom stereocenters. The van der Waals surface area contributed by atoms with Crippen LogP contribution in [0.2, 0.25) is 5.02 Å². The smallest absolute Gasteiger partial charge is 0.355 e. The van der Waals surface area contributed by atoms with Gasteiger partial charge in [-0.2, -0.15) is 0 Å². The van der Waals surface area contributed by atoms with Crippen LogP contribution in [0.15, 0.2) is 47.8 Å². The molecule has 0 bridgehead atoms. The van der Waals surface area contributed by atoms with E-state index in [1.165, 1.54) is 28.8 Å². The highest BCUT2D eigenvalue weighted by molar-refractivity contribution is 7.09. The van der Waals surface area contributed by atoms with Crippen LogP contribution in [-0.2, 0) is 17.9 Å². The van der Waals surface area contributed by atoms with Gasteiger partial charge in [-0.05, 0) is 43.7 Å². The Morgan fingerprint density at radius 1 is 1.11 bits per heavy atom. The first-order valence-electron chi connectivity index (χ1n) is 11.7. The van der Waals surface area contributed by atoms with Crippen molar-refractivity contribution in [3.63, 3.8) is 0 Å². The molecule has 0 unspecified atom stereocenters. The van der Waals surface area contributed by atoms with Crippen molar-refractivity contribution in [3.05, 3.63) is 74.9 Å². The third-order valence-electron chi connectivity index (χ3n) is 6.11. The van der Waals surface area contributed by atoms with E-state index in [9.17, 15) is 14.0 Å². The number of carbonyl (C=O) groups excluding carboxylic acids is 1. The molecule has 1 fully saturated rings. The maximum atomic E-state index is 13.2. The Morgan fingerprint density at radius 2 is 1.86 bits per heavy atom. The molecule has 0 saturated carbocycles. The minimum atomic E-state index is -1.10. The second kappa shape index (κ2) is 11.9. The maximum absolute atomic E-state index is 13.2. The van der Waals surface area contributed by atoms with Crippen LogP contribution in [0, 0.1) is 5.82 Å². The zero-order valence-corrected chi connectivity index (χ0v) is 22.0. The monoisotopic (exact) mass is 547 g/mol. The van der Waals surface area contributed by atoms with Gasteiger partial charge in [-0.15, -0.1) is 11.3 Å². The number of amides is 1. The van der Waals surface area contributed by atoms with Gasteiger partial charge >= 0.3 is 5.97 Å². The first kappa shape index (κ1) is 26.8. The van der Waals surface area contributed by atoms with Crippen molar-refractivity contribution >= 4 is 34.8 Å². The molecule has 11 heteroatoms. The zero-order valence-electron chi connectivity index (χ0n) is 20.4. The Morgan fingerprint density at radius 3 is 2.57 bits per heavy atom. The highest BCUT2D eigenvalue weighted by Gasteiger charge is 2.32. The second-order valence-corrected chi connectivity index (χ2v) is 10.3. The largest absolute Gasteiger partial charge is 0.482 e. The molecule has 3 aromatic rings. The number of rotatable bonds is 9. The third kappa shape index (κ3) is 6.97. The van der Waals surface area contributed by atoms with Crippen molar-refractivity contribution in [2.75, 3.05) is 19.7 Å². The summed E-state index contributed by atoms with van der Waals surface area (Å²) in [6.07, 6.45) is 0. The van der Waals surface area contributed by atoms with E-state index in [1.807, 2.05) is 11.8 Å². The van der Waals surface area contributed by atoms with Crippen molar-refractivity contribution in [3.8, 4) is 11.5 Å². The predicted molar refractivity (Wildman–Crippen MR) is 138 cm³/mol. The Kier molecular flexibility index (Phi) is 8.63. The van der Waals surface area contributed by atoms with Crippen LogP contribution < -0.4 is 9.47 Å². The Labute approximate surface area is 223 Å². The summed E-state index contributed by atoms with van der Waals surface area (Å²) in [4.78, 5) is 32.2. The zero-order chi connectivity index (χ0) is 26.5. The van der Waals surface area contributed by atoms with E-state index < -0.39 is 5.97 Å². The first-order chi connectivity index (χ1) is 17.7. The van der Waals surface area contributed by atoms with Gasteiger partial charge in [0.05, 0.1) is 0 Å². The number of carbonyl (C=O) groups is 2. The molecule has 1 amide bonds. The lowest BCUT2D eigenvalue weighted by Crippen LogP contribution is -2.58. The van der Waals surface area contributed by atoms with Crippen LogP contribution in [0.25, 0.3) is 0 Å². The van der Waals surface area contributed by atoms with Gasteiger partial charge in [0.2, 0.25) is 0 Å². The molecule has 0 aliphatic carbocycles. The molecule has 1 aliphatic heterocycles. The Balaban J connectivity index is 1.34. The summed E-state index contributed by atoms with van der Waals surface area (Å²) in [6.45, 7) is 5.84. The average molecular weight is 548 g/mol. The van der Waals surface area contributed by atoms with Crippen LogP contribution in [-0.4, -0.2) is 63.5 Å². The molecular weight excluding hydrogens is 521 g/mol. The van der Waals surface area contributed by atoms with Crippen molar-refractivity contribution in [2.45, 2.75) is 39.1 Å². The number of piperazine rings is 1. The van der Waals surface area contributed by atoms with Crippen LogP contribution in [0.4, 0.5) is 4.39 Å². The fourth-order valence-corrected chi connectivity index (χ4v) is 4.98. The molecule has 1 aromatic heterocycles. The number of hydrogen-bond donors (Lipinski definition) is 1. The minimum absolute atomic E-state index is 0.0259. The summed E-state index contributed by atoms with van der Waals surface area (Å²) in [5.41, 5.74) is 0.980. The number of benzene rings is 2. The lowest BCUT2D eigenvalue weighted by atomic mass is 10.1. The number of carboxylic acid groups (broad SMARTS) is 1. The number of aromatic nitrogens is 1. The second-order valence-electron chi connectivity index (χ2n) is 8.90. The van der Waals surface area contributed by atoms with Crippen LogP contribution in [0.1, 0.15) is 34.9 Å². The number of aromatic carboxylic acids is 1. The van der Waals surface area contributed by atoms with E-state index in [2.05, 4.69) is 16.8 Å². The van der Waals surface area contributed by atoms with Crippen molar-refractivity contribution in [1.82, 2.24) is 14.8 Å². The van der Waals surface area contributed by atoms with Crippen molar-refractivity contribution in [2.24, 2.45) is 0 Å². The summed E-state index contributed by atoms with van der Waals surface area (Å²) in [5.74, 6) is -0.827. The van der Waals surface area contributed by atoms with E-state index in [0.29, 0.717) is 41.2 Å². The lowest BCUT2D eigenvalue weighted by molar-refractivity contribution is -0.139. The molecule has 2 aromatic carbocycles. The summed E-state index contributed by atoms with van der Waals surface area (Å²) in [6, 6.07) is 11.4. The number of halogens is 2. The van der Waals surface area contributed by atoms with E-state index in [4.69, 9.17) is 26.2 Å². The fraction of sp³-hybridized carbons (Fsp3) is 0.346. The van der Waals surface area contributed by atoms with Gasteiger partial charge in [0.25, 0.3) is 5.91 Å². The van der Waals surface area contributed by atoms with E-state index in [-0.39, 0.29) is 42.7 Å². The van der Waals surface area contributed by atoms with E-state index in [0.717, 1.165) is 5.56 Å². The summed E-state index contributed by atoms with van der Waals surface area (Å²) in [5, 5.41) is 11.4. The molecule has 0 radical (unpaired) electrons. The summed E-state index contributed by atoms with van der Waals surface area (Å²) >= 11 is 7.29. The number of hydrogen-bond acceptors (Lipinski definition) is 7. The third-order valence-corrected chi connectivity index (χ3v) is 7.17. The standard InChI is InChI=1S/C26H27ClFN3O5S/c1-16-11-31(17(2)10-30(16)12-18-3-6-20(28)7-4-18)25(32)14-36-22-8-5-19(27)9-23(22)35-13-24-29-21(15-37-24)26(33)34/h3-9,15-17H,10-14H2,1-2H3,(H,33,34)/t16-,17+/m0/s1. The maximum Gasteiger partial charge on any atom is 0.355 e. The SMILES string of the molecule is C[C@@H]1CN(Cc2ccc(F)cc2)[C@@H](C)CN1C(=O)COc1ccc(Cl)cc1OCc1nc(C(=O)O)cs1. The Bertz CT molecular complexity index is 1260. The van der Waals surface area contributed by atoms with Gasteiger partial charge in [-0.3, -0.25) is 9.69 Å². The van der Waals surface area contributed by atoms with E-state index >= 15 is 0 Å². The molecule has 196 valence electrons. The normalized spacial score (nSPS) is 18.0. The average Bonchev–Trinajstić information content (AvgIpc) is 3.35. The van der Waals surface area contributed by atoms with Gasteiger partial charge in [-0.25, -0.2) is 14.2 Å². The quantitative estimate of drug-likeness (QED) is 0.414. The van der Waals surface area contributed by atoms with Crippen LogP contribution >= 0.6 is 22.9 Å². The van der Waals surface area contributed by atoms with E-state index in [1.54, 1.807) is 30.3 Å². The van der Waals surface area contributed by atoms with Gasteiger partial charge in [-0.1, -0.05) is 23.7 Å². The molecule has 37 heavy (non-hydrogen) atoms. The number of carboxylic acids is 1. The predicted octanol–water partition coefficient (Wildman–Crippen LogP) is 4.71. The Hall–Kier alpha value is -3.21. The molecule has 1 N–H and O–H groups in total. The van der Waals surface area contributed by atoms with Gasteiger partial charge < -0.3 is 19.5 Å². The minimum Gasteiger partial charge on any atom is -0.482 e. The van der Waals surface area contributed by atoms with Gasteiger partial charge in [0.15, 0.2) is 23.8 Å². The van der Waals surface area contributed by atoms with Crippen molar-refractivity contribution in [1.29, 1.82) is 0 Å². The molecule has 1 aliphatic rings. The lowest BCUT2D eigenvalue weighted by Gasteiger charge is -2.44. The highest BCUT2D eigenvalue weighted by atomic mass is 35.5. The molecule has 8 nitrogen and oxygen atoms in total. The van der Waals surface area contributed by atoms with Gasteiger partial charge in [0.1, 0.15) is 17.4 Å². The summed E-state index contributed by atoms with van der Waals surface area (Å²) in [7, 11) is 0.